The van der Waals surface area contributed by atoms with Gasteiger partial charge < -0.3 is 4.74 Å². The first-order valence-corrected chi connectivity index (χ1v) is 8.95. The number of aromatic nitrogens is 2. The lowest BCUT2D eigenvalue weighted by Gasteiger charge is -2.12. The number of nitriles is 1. The topological polar surface area (TPSA) is 67.9 Å². The van der Waals surface area contributed by atoms with E-state index in [4.69, 9.17) is 10.00 Å². The van der Waals surface area contributed by atoms with Crippen molar-refractivity contribution < 1.29 is 4.74 Å². The van der Waals surface area contributed by atoms with Crippen molar-refractivity contribution >= 4 is 33.3 Å². The molecule has 7 heteroatoms. The average molecular weight is 335 g/mol. The number of fused-ring (bicyclic) bond motifs is 3. The van der Waals surface area contributed by atoms with Crippen LogP contribution in [0.15, 0.2) is 9.95 Å². The van der Waals surface area contributed by atoms with E-state index in [0.717, 1.165) is 29.5 Å². The van der Waals surface area contributed by atoms with Crippen molar-refractivity contribution in [1.82, 2.24) is 9.55 Å². The number of methoxy groups -OCH3 is 1. The highest BCUT2D eigenvalue weighted by Gasteiger charge is 2.23. The van der Waals surface area contributed by atoms with Gasteiger partial charge in [-0.3, -0.25) is 9.36 Å². The number of aryl methyl sites for hydroxylation is 2. The van der Waals surface area contributed by atoms with Crippen LogP contribution in [-0.2, 0) is 24.1 Å². The fourth-order valence-corrected chi connectivity index (χ4v) is 4.84. The molecule has 0 aliphatic heterocycles. The molecule has 0 bridgehead atoms. The molecule has 0 radical (unpaired) electrons. The van der Waals surface area contributed by atoms with Gasteiger partial charge in [0.25, 0.3) is 5.56 Å². The summed E-state index contributed by atoms with van der Waals surface area (Å²) in [6, 6.07) is 2.18. The van der Waals surface area contributed by atoms with Gasteiger partial charge >= 0.3 is 0 Å². The zero-order valence-corrected chi connectivity index (χ0v) is 14.2. The van der Waals surface area contributed by atoms with Crippen molar-refractivity contribution in [3.8, 4) is 6.07 Å². The summed E-state index contributed by atoms with van der Waals surface area (Å²) in [5.74, 6) is 0. The van der Waals surface area contributed by atoms with Gasteiger partial charge in [0.2, 0.25) is 0 Å². The monoisotopic (exact) mass is 335 g/mol. The zero-order chi connectivity index (χ0) is 15.7. The molecule has 2 heterocycles. The highest BCUT2D eigenvalue weighted by atomic mass is 32.2. The minimum atomic E-state index is -0.245. The maximum absolute atomic E-state index is 12.9. The number of hydrogen-bond donors (Lipinski definition) is 0. The molecule has 0 fully saturated rings. The number of hydrogen-bond acceptors (Lipinski definition) is 6. The Morgan fingerprint density at radius 3 is 3.09 bits per heavy atom. The highest BCUT2D eigenvalue weighted by Crippen LogP contribution is 2.35. The van der Waals surface area contributed by atoms with Crippen LogP contribution >= 0.6 is 23.1 Å². The standard InChI is InChI=1S/C15H17N3O2S2/c1-9(8-16)21-15-17-13-12(10-4-3-5-11(10)22-13)14(19)18(15)6-7-20-2/h9H,3-7H2,1-2H3/t9-/m1/s1. The lowest BCUT2D eigenvalue weighted by atomic mass is 10.2. The first-order chi connectivity index (χ1) is 10.7. The van der Waals surface area contributed by atoms with E-state index in [1.165, 1.54) is 22.2 Å². The molecule has 116 valence electrons. The van der Waals surface area contributed by atoms with E-state index in [0.29, 0.717) is 18.3 Å². The van der Waals surface area contributed by atoms with E-state index < -0.39 is 0 Å². The molecule has 0 saturated carbocycles. The third-order valence-electron chi connectivity index (χ3n) is 3.77. The van der Waals surface area contributed by atoms with Gasteiger partial charge in [-0.1, -0.05) is 11.8 Å². The fraction of sp³-hybridized carbons (Fsp3) is 0.533. The molecule has 2 aromatic rings. The summed E-state index contributed by atoms with van der Waals surface area (Å²) < 4.78 is 6.78. The smallest absolute Gasteiger partial charge is 0.263 e. The second-order valence-corrected chi connectivity index (χ2v) is 7.66. The molecule has 22 heavy (non-hydrogen) atoms. The maximum atomic E-state index is 12.9. The van der Waals surface area contributed by atoms with Gasteiger partial charge in [0.05, 0.1) is 29.9 Å². The summed E-state index contributed by atoms with van der Waals surface area (Å²) in [6.45, 7) is 2.73. The summed E-state index contributed by atoms with van der Waals surface area (Å²) in [5.41, 5.74) is 1.20. The molecule has 5 nitrogen and oxygen atoms in total. The summed E-state index contributed by atoms with van der Waals surface area (Å²) in [4.78, 5) is 19.7. The summed E-state index contributed by atoms with van der Waals surface area (Å²) >= 11 is 2.96. The van der Waals surface area contributed by atoms with Crippen LogP contribution in [0.1, 0.15) is 23.8 Å². The van der Waals surface area contributed by atoms with Crippen molar-refractivity contribution in [3.63, 3.8) is 0 Å². The number of nitrogens with zero attached hydrogens (tertiary/aromatic N) is 3. The second-order valence-electron chi connectivity index (χ2n) is 5.27. The van der Waals surface area contributed by atoms with Gasteiger partial charge in [-0.2, -0.15) is 5.26 Å². The highest BCUT2D eigenvalue weighted by molar-refractivity contribution is 8.00. The Kier molecular flexibility index (Phi) is 4.52. The van der Waals surface area contributed by atoms with Gasteiger partial charge in [0.1, 0.15) is 4.83 Å². The normalized spacial score (nSPS) is 15.0. The molecule has 0 unspecified atom stereocenters. The second kappa shape index (κ2) is 6.41. The molecule has 0 N–H and O–H groups in total. The van der Waals surface area contributed by atoms with Crippen LogP contribution in [0.4, 0.5) is 0 Å². The molecule has 2 aromatic heterocycles. The summed E-state index contributed by atoms with van der Waals surface area (Å²) in [7, 11) is 1.62. The lowest BCUT2D eigenvalue weighted by Crippen LogP contribution is -2.25. The molecular weight excluding hydrogens is 318 g/mol. The molecule has 1 aliphatic carbocycles. The average Bonchev–Trinajstić information content (AvgIpc) is 3.06. The largest absolute Gasteiger partial charge is 0.383 e. The molecule has 0 spiro atoms. The fourth-order valence-electron chi connectivity index (χ4n) is 2.71. The molecular formula is C15H17N3O2S2. The molecule has 3 rings (SSSR count). The number of ether oxygens (including phenoxy) is 1. The van der Waals surface area contributed by atoms with E-state index in [2.05, 4.69) is 11.1 Å². The molecule has 0 aromatic carbocycles. The SMILES string of the molecule is COCCn1c(S[C@H](C)C#N)nc2sc3c(c2c1=O)CCC3. The van der Waals surface area contributed by atoms with Gasteiger partial charge in [0, 0.05) is 12.0 Å². The van der Waals surface area contributed by atoms with Crippen molar-refractivity contribution in [2.75, 3.05) is 13.7 Å². The maximum Gasteiger partial charge on any atom is 0.263 e. The molecule has 1 atom stereocenters. The Morgan fingerprint density at radius 2 is 2.36 bits per heavy atom. The predicted molar refractivity (Wildman–Crippen MR) is 88.7 cm³/mol. The first-order valence-electron chi connectivity index (χ1n) is 7.26. The van der Waals surface area contributed by atoms with E-state index in [1.54, 1.807) is 23.0 Å². The predicted octanol–water partition coefficient (Wildman–Crippen LogP) is 2.60. The van der Waals surface area contributed by atoms with Gasteiger partial charge in [-0.25, -0.2) is 4.98 Å². The van der Waals surface area contributed by atoms with E-state index in [9.17, 15) is 4.79 Å². The van der Waals surface area contributed by atoms with Gasteiger partial charge in [-0.05, 0) is 31.7 Å². The van der Waals surface area contributed by atoms with Crippen LogP contribution in [-0.4, -0.2) is 28.5 Å². The van der Waals surface area contributed by atoms with Crippen LogP contribution < -0.4 is 5.56 Å². The zero-order valence-electron chi connectivity index (χ0n) is 12.6. The summed E-state index contributed by atoms with van der Waals surface area (Å²) in [6.07, 6.45) is 3.14. The Balaban J connectivity index is 2.16. The quantitative estimate of drug-likeness (QED) is 0.620. The molecule has 1 aliphatic rings. The number of thiophene rings is 1. The lowest BCUT2D eigenvalue weighted by molar-refractivity contribution is 0.183. The van der Waals surface area contributed by atoms with E-state index in [1.807, 2.05) is 6.92 Å². The Hall–Kier alpha value is -1.36. The first kappa shape index (κ1) is 15.5. The van der Waals surface area contributed by atoms with Crippen molar-refractivity contribution in [3.05, 3.63) is 20.8 Å². The minimum Gasteiger partial charge on any atom is -0.383 e. The Bertz CT molecular complexity index is 804. The molecule has 0 amide bonds. The van der Waals surface area contributed by atoms with Gasteiger partial charge in [0.15, 0.2) is 5.16 Å². The third kappa shape index (κ3) is 2.67. The summed E-state index contributed by atoms with van der Waals surface area (Å²) in [5, 5.41) is 10.2. The Labute approximate surface area is 136 Å². The van der Waals surface area contributed by atoms with Crippen molar-refractivity contribution in [2.45, 2.75) is 43.1 Å². The van der Waals surface area contributed by atoms with E-state index >= 15 is 0 Å². The van der Waals surface area contributed by atoms with Crippen LogP contribution in [0.3, 0.4) is 0 Å². The number of thioether (sulfide) groups is 1. The van der Waals surface area contributed by atoms with Crippen LogP contribution in [0.25, 0.3) is 10.2 Å². The van der Waals surface area contributed by atoms with Crippen LogP contribution in [0.5, 0.6) is 0 Å². The minimum absolute atomic E-state index is 0.00842. The van der Waals surface area contributed by atoms with Crippen molar-refractivity contribution in [2.24, 2.45) is 0 Å². The van der Waals surface area contributed by atoms with E-state index in [-0.39, 0.29) is 10.8 Å². The molecule has 0 saturated heterocycles. The van der Waals surface area contributed by atoms with Gasteiger partial charge in [-0.15, -0.1) is 11.3 Å². The third-order valence-corrected chi connectivity index (χ3v) is 5.94. The van der Waals surface area contributed by atoms with Crippen molar-refractivity contribution in [1.29, 1.82) is 5.26 Å². The Morgan fingerprint density at radius 1 is 1.55 bits per heavy atom. The van der Waals surface area contributed by atoms with Crippen LogP contribution in [0.2, 0.25) is 0 Å². The number of rotatable bonds is 5. The van der Waals surface area contributed by atoms with Crippen LogP contribution in [0, 0.1) is 11.3 Å².